The molecule has 0 atom stereocenters. The first-order chi connectivity index (χ1) is 13.9. The molecule has 7 heteroatoms. The lowest BCUT2D eigenvalue weighted by atomic mass is 10.1. The number of hydrogen-bond acceptors (Lipinski definition) is 4. The van der Waals surface area contributed by atoms with Crippen molar-refractivity contribution in [3.05, 3.63) is 87.2 Å². The number of thiophene rings is 1. The van der Waals surface area contributed by atoms with E-state index in [9.17, 15) is 18.4 Å². The van der Waals surface area contributed by atoms with Gasteiger partial charge in [0.1, 0.15) is 5.70 Å². The molecule has 0 unspecified atom stereocenters. The molecular formula is C22H16F2N2O2S. The van der Waals surface area contributed by atoms with Crippen LogP contribution in [0.25, 0.3) is 5.57 Å². The summed E-state index contributed by atoms with van der Waals surface area (Å²) in [6.45, 7) is 3.86. The minimum atomic E-state index is -1.13. The van der Waals surface area contributed by atoms with Crippen LogP contribution in [0, 0.1) is 25.5 Å². The van der Waals surface area contributed by atoms with Crippen LogP contribution in [-0.4, -0.2) is 11.8 Å². The van der Waals surface area contributed by atoms with Crippen molar-refractivity contribution in [2.45, 2.75) is 13.8 Å². The van der Waals surface area contributed by atoms with Gasteiger partial charge in [-0.3, -0.25) is 9.59 Å². The van der Waals surface area contributed by atoms with Crippen LogP contribution in [0.5, 0.6) is 0 Å². The molecule has 3 aromatic rings. The van der Waals surface area contributed by atoms with Crippen molar-refractivity contribution in [2.24, 2.45) is 0 Å². The first-order valence-electron chi connectivity index (χ1n) is 8.83. The normalized spacial score (nSPS) is 14.1. The van der Waals surface area contributed by atoms with Gasteiger partial charge in [-0.15, -0.1) is 11.3 Å². The van der Waals surface area contributed by atoms with E-state index in [0.29, 0.717) is 10.6 Å². The Bertz CT molecular complexity index is 1170. The fraction of sp³-hybridized carbons (Fsp3) is 0.0909. The molecule has 0 saturated carbocycles. The summed E-state index contributed by atoms with van der Waals surface area (Å²) < 4.78 is 27.1. The fourth-order valence-electron chi connectivity index (χ4n) is 3.24. The molecule has 2 heterocycles. The van der Waals surface area contributed by atoms with Crippen LogP contribution in [-0.2, 0) is 9.59 Å². The number of benzene rings is 2. The third-order valence-electron chi connectivity index (χ3n) is 4.65. The number of nitrogens with zero attached hydrogens (tertiary/aromatic N) is 1. The summed E-state index contributed by atoms with van der Waals surface area (Å²) in [6, 6.07) is 12.2. The lowest BCUT2D eigenvalue weighted by Gasteiger charge is -2.16. The zero-order valence-corrected chi connectivity index (χ0v) is 16.4. The van der Waals surface area contributed by atoms with E-state index >= 15 is 0 Å². The van der Waals surface area contributed by atoms with Crippen molar-refractivity contribution >= 4 is 40.1 Å². The van der Waals surface area contributed by atoms with E-state index in [4.69, 9.17) is 0 Å². The van der Waals surface area contributed by atoms with E-state index in [1.165, 1.54) is 17.4 Å². The molecule has 146 valence electrons. The summed E-state index contributed by atoms with van der Waals surface area (Å²) in [7, 11) is 0. The van der Waals surface area contributed by atoms with E-state index in [-0.39, 0.29) is 17.0 Å². The molecule has 4 rings (SSSR count). The van der Waals surface area contributed by atoms with Gasteiger partial charge in [0.25, 0.3) is 11.8 Å². The molecule has 2 amide bonds. The number of carbonyl (C=O) groups is 2. The number of rotatable bonds is 4. The number of carbonyl (C=O) groups excluding carboxylic acids is 2. The molecule has 0 aliphatic carbocycles. The predicted molar refractivity (Wildman–Crippen MR) is 110 cm³/mol. The molecule has 1 N–H and O–H groups in total. The number of hydrogen-bond donors (Lipinski definition) is 1. The first-order valence-corrected chi connectivity index (χ1v) is 9.71. The highest BCUT2D eigenvalue weighted by molar-refractivity contribution is 7.11. The molecule has 4 nitrogen and oxygen atoms in total. The largest absolute Gasteiger partial charge is 0.350 e. The van der Waals surface area contributed by atoms with Gasteiger partial charge < -0.3 is 5.32 Å². The van der Waals surface area contributed by atoms with Gasteiger partial charge in [0, 0.05) is 16.6 Å². The van der Waals surface area contributed by atoms with Gasteiger partial charge in [-0.2, -0.15) is 0 Å². The summed E-state index contributed by atoms with van der Waals surface area (Å²) in [4.78, 5) is 27.8. The van der Waals surface area contributed by atoms with Crippen LogP contribution in [0.1, 0.15) is 16.0 Å². The SMILES string of the molecule is Cc1ccc(NC2=C(c3cccs3)C(=O)N(c3ccc(F)c(F)c3)C2=O)c(C)c1. The lowest BCUT2D eigenvalue weighted by Crippen LogP contribution is -2.32. The van der Waals surface area contributed by atoms with Gasteiger partial charge in [-0.1, -0.05) is 23.8 Å². The second-order valence-electron chi connectivity index (χ2n) is 6.71. The minimum Gasteiger partial charge on any atom is -0.350 e. The van der Waals surface area contributed by atoms with Gasteiger partial charge >= 0.3 is 0 Å². The zero-order chi connectivity index (χ0) is 20.7. The Balaban J connectivity index is 1.81. The fourth-order valence-corrected chi connectivity index (χ4v) is 4.01. The number of amides is 2. The predicted octanol–water partition coefficient (Wildman–Crippen LogP) is 5.04. The second-order valence-corrected chi connectivity index (χ2v) is 7.66. The minimum absolute atomic E-state index is 0.0228. The first kappa shape index (κ1) is 19.0. The Morgan fingerprint density at radius 3 is 2.38 bits per heavy atom. The topological polar surface area (TPSA) is 49.4 Å². The standard InChI is InChI=1S/C22H16F2N2O2S/c1-12-5-8-17(13(2)10-12)25-20-19(18-4-3-9-29-18)21(27)26(22(20)28)14-6-7-15(23)16(24)11-14/h3-11,25H,1-2H3. The molecule has 0 bridgehead atoms. The summed E-state index contributed by atoms with van der Waals surface area (Å²) in [6.07, 6.45) is 0. The van der Waals surface area contributed by atoms with E-state index in [0.717, 1.165) is 28.2 Å². The molecule has 0 saturated heterocycles. The monoisotopic (exact) mass is 410 g/mol. The molecular weight excluding hydrogens is 394 g/mol. The molecule has 1 aromatic heterocycles. The zero-order valence-electron chi connectivity index (χ0n) is 15.6. The molecule has 1 aliphatic heterocycles. The highest BCUT2D eigenvalue weighted by atomic mass is 32.1. The number of halogens is 2. The van der Waals surface area contributed by atoms with Gasteiger partial charge in [0.05, 0.1) is 11.3 Å². The van der Waals surface area contributed by atoms with Crippen molar-refractivity contribution in [1.29, 1.82) is 0 Å². The van der Waals surface area contributed by atoms with Crippen molar-refractivity contribution in [3.8, 4) is 0 Å². The maximum Gasteiger partial charge on any atom is 0.282 e. The Morgan fingerprint density at radius 1 is 0.931 bits per heavy atom. The molecule has 29 heavy (non-hydrogen) atoms. The summed E-state index contributed by atoms with van der Waals surface area (Å²) in [5.74, 6) is -3.38. The number of anilines is 2. The van der Waals surface area contributed by atoms with Crippen LogP contribution in [0.2, 0.25) is 0 Å². The van der Waals surface area contributed by atoms with E-state index in [1.54, 1.807) is 17.5 Å². The summed E-state index contributed by atoms with van der Waals surface area (Å²) in [5, 5.41) is 4.89. The van der Waals surface area contributed by atoms with Crippen molar-refractivity contribution in [1.82, 2.24) is 0 Å². The maximum atomic E-state index is 13.7. The Morgan fingerprint density at radius 2 is 1.72 bits per heavy atom. The van der Waals surface area contributed by atoms with Gasteiger partial charge in [0.15, 0.2) is 11.6 Å². The Kier molecular flexibility index (Phi) is 4.76. The second kappa shape index (κ2) is 7.25. The molecule has 0 spiro atoms. The van der Waals surface area contributed by atoms with Gasteiger partial charge in [-0.05, 0) is 49.1 Å². The van der Waals surface area contributed by atoms with Crippen LogP contribution in [0.3, 0.4) is 0 Å². The molecule has 0 fully saturated rings. The van der Waals surface area contributed by atoms with Crippen molar-refractivity contribution in [2.75, 3.05) is 10.2 Å². The van der Waals surface area contributed by atoms with Crippen molar-refractivity contribution in [3.63, 3.8) is 0 Å². The highest BCUT2D eigenvalue weighted by Gasteiger charge is 2.41. The summed E-state index contributed by atoms with van der Waals surface area (Å²) in [5.41, 5.74) is 2.95. The van der Waals surface area contributed by atoms with Gasteiger partial charge in [-0.25, -0.2) is 13.7 Å². The number of nitrogens with one attached hydrogen (secondary N) is 1. The number of aryl methyl sites for hydroxylation is 2. The lowest BCUT2D eigenvalue weighted by molar-refractivity contribution is -0.120. The van der Waals surface area contributed by atoms with Crippen LogP contribution >= 0.6 is 11.3 Å². The summed E-state index contributed by atoms with van der Waals surface area (Å²) >= 11 is 1.32. The third kappa shape index (κ3) is 3.34. The molecule has 2 aromatic carbocycles. The van der Waals surface area contributed by atoms with E-state index in [2.05, 4.69) is 5.32 Å². The molecule has 1 aliphatic rings. The third-order valence-corrected chi connectivity index (χ3v) is 5.54. The number of imide groups is 1. The van der Waals surface area contributed by atoms with E-state index in [1.807, 2.05) is 32.0 Å². The van der Waals surface area contributed by atoms with E-state index < -0.39 is 23.4 Å². The highest BCUT2D eigenvalue weighted by Crippen LogP contribution is 2.36. The average molecular weight is 410 g/mol. The quantitative estimate of drug-likeness (QED) is 0.613. The van der Waals surface area contributed by atoms with Crippen LogP contribution in [0.4, 0.5) is 20.2 Å². The average Bonchev–Trinajstić information content (AvgIpc) is 3.27. The van der Waals surface area contributed by atoms with Gasteiger partial charge in [0.2, 0.25) is 0 Å². The van der Waals surface area contributed by atoms with Crippen molar-refractivity contribution < 1.29 is 18.4 Å². The maximum absolute atomic E-state index is 13.7. The Labute approximate surface area is 170 Å². The molecule has 0 radical (unpaired) electrons. The van der Waals surface area contributed by atoms with Crippen LogP contribution < -0.4 is 10.2 Å². The Hall–Kier alpha value is -3.32. The van der Waals surface area contributed by atoms with Crippen LogP contribution in [0.15, 0.2) is 59.6 Å². The smallest absolute Gasteiger partial charge is 0.282 e.